The number of methoxy groups -OCH3 is 1. The van der Waals surface area contributed by atoms with E-state index in [1.807, 2.05) is 36.7 Å². The Bertz CT molecular complexity index is 770. The number of rotatable bonds is 4. The fraction of sp³-hybridized carbons (Fsp3) is 0.375. The molecule has 0 atom stereocenters. The van der Waals surface area contributed by atoms with Crippen molar-refractivity contribution in [2.24, 2.45) is 12.0 Å². The summed E-state index contributed by atoms with van der Waals surface area (Å²) in [6, 6.07) is 5.83. The number of aromatic nitrogens is 1. The van der Waals surface area contributed by atoms with Gasteiger partial charge in [-0.15, -0.1) is 12.4 Å². The lowest BCUT2D eigenvalue weighted by Crippen LogP contribution is -2.27. The molecule has 23 heavy (non-hydrogen) atoms. The second-order valence-corrected chi connectivity index (χ2v) is 6.30. The lowest BCUT2D eigenvalue weighted by molar-refractivity contribution is 0.0997. The first-order chi connectivity index (χ1) is 10.6. The number of benzene rings is 1. The number of amidine groups is 1. The number of ketones is 1. The number of carbonyl (C=O) groups is 1. The van der Waals surface area contributed by atoms with Gasteiger partial charge in [-0.1, -0.05) is 11.8 Å². The van der Waals surface area contributed by atoms with Crippen LogP contribution in [0.5, 0.6) is 5.75 Å². The van der Waals surface area contributed by atoms with E-state index in [0.29, 0.717) is 0 Å². The summed E-state index contributed by atoms with van der Waals surface area (Å²) in [7, 11) is 3.61. The van der Waals surface area contributed by atoms with Gasteiger partial charge in [0, 0.05) is 35.0 Å². The minimum Gasteiger partial charge on any atom is -0.497 e. The zero-order chi connectivity index (χ0) is 15.7. The second kappa shape index (κ2) is 7.27. The molecule has 1 aromatic carbocycles. The van der Waals surface area contributed by atoms with Crippen molar-refractivity contribution in [1.82, 2.24) is 9.88 Å². The zero-order valence-electron chi connectivity index (χ0n) is 13.4. The van der Waals surface area contributed by atoms with Crippen LogP contribution in [0.2, 0.25) is 0 Å². The fourth-order valence-corrected chi connectivity index (χ4v) is 3.45. The average molecular weight is 354 g/mol. The highest BCUT2D eigenvalue weighted by atomic mass is 35.5. The van der Waals surface area contributed by atoms with Crippen LogP contribution >= 0.6 is 24.2 Å². The highest BCUT2D eigenvalue weighted by molar-refractivity contribution is 8.14. The first kappa shape index (κ1) is 17.7. The van der Waals surface area contributed by atoms with E-state index in [1.54, 1.807) is 18.9 Å². The lowest BCUT2D eigenvalue weighted by Gasteiger charge is -2.05. The molecule has 1 aromatic heterocycles. The quantitative estimate of drug-likeness (QED) is 0.859. The van der Waals surface area contributed by atoms with E-state index in [1.165, 1.54) is 0 Å². The van der Waals surface area contributed by atoms with Crippen LogP contribution in [0.25, 0.3) is 10.9 Å². The van der Waals surface area contributed by atoms with Gasteiger partial charge < -0.3 is 14.6 Å². The number of hydrogen-bond acceptors (Lipinski definition) is 5. The maximum absolute atomic E-state index is 12.7. The zero-order valence-corrected chi connectivity index (χ0v) is 15.0. The maximum Gasteiger partial charge on any atom is 0.184 e. The van der Waals surface area contributed by atoms with Crippen molar-refractivity contribution < 1.29 is 9.53 Å². The van der Waals surface area contributed by atoms with Gasteiger partial charge >= 0.3 is 0 Å². The van der Waals surface area contributed by atoms with Crippen molar-refractivity contribution in [2.75, 3.05) is 26.0 Å². The predicted octanol–water partition coefficient (Wildman–Crippen LogP) is 2.79. The maximum atomic E-state index is 12.7. The van der Waals surface area contributed by atoms with Crippen molar-refractivity contribution in [3.05, 3.63) is 29.5 Å². The van der Waals surface area contributed by atoms with Crippen LogP contribution in [0.15, 0.2) is 23.2 Å². The fourth-order valence-electron chi connectivity index (χ4n) is 2.72. The van der Waals surface area contributed by atoms with Crippen LogP contribution in [-0.2, 0) is 7.05 Å². The van der Waals surface area contributed by atoms with Gasteiger partial charge in [-0.3, -0.25) is 9.79 Å². The summed E-state index contributed by atoms with van der Waals surface area (Å²) < 4.78 is 7.33. The normalized spacial score (nSPS) is 13.6. The third-order valence-electron chi connectivity index (χ3n) is 3.96. The molecule has 3 rings (SSSR count). The number of halogens is 1. The Balaban J connectivity index is 0.00000192. The number of ether oxygens (including phenoxy) is 1. The molecule has 1 aliphatic heterocycles. The molecule has 1 N–H and O–H groups in total. The van der Waals surface area contributed by atoms with E-state index in [0.717, 1.165) is 45.4 Å². The highest BCUT2D eigenvalue weighted by Gasteiger charge is 2.19. The van der Waals surface area contributed by atoms with Crippen LogP contribution in [0.4, 0.5) is 0 Å². The van der Waals surface area contributed by atoms with Gasteiger partial charge in [-0.25, -0.2) is 0 Å². The number of hydrogen-bond donors (Lipinski definition) is 1. The second-order valence-electron chi connectivity index (χ2n) is 5.21. The van der Waals surface area contributed by atoms with E-state index in [2.05, 4.69) is 10.3 Å². The smallest absolute Gasteiger partial charge is 0.184 e. The van der Waals surface area contributed by atoms with E-state index >= 15 is 0 Å². The molecule has 124 valence electrons. The number of Topliss-reactive ketones (excluding diaryl/α,β-unsaturated/α-hetero) is 1. The first-order valence-corrected chi connectivity index (χ1v) is 8.17. The molecular weight excluding hydrogens is 334 g/mol. The Morgan fingerprint density at radius 3 is 2.91 bits per heavy atom. The van der Waals surface area contributed by atoms with Crippen LogP contribution in [-0.4, -0.2) is 41.5 Å². The van der Waals surface area contributed by atoms with Gasteiger partial charge in [0.15, 0.2) is 11.0 Å². The number of nitrogens with zero attached hydrogens (tertiary/aromatic N) is 2. The molecule has 0 unspecified atom stereocenters. The third-order valence-corrected chi connectivity index (χ3v) is 4.90. The van der Waals surface area contributed by atoms with Gasteiger partial charge in [0.25, 0.3) is 0 Å². The number of aryl methyl sites for hydroxylation is 1. The van der Waals surface area contributed by atoms with Crippen LogP contribution in [0, 0.1) is 6.92 Å². The lowest BCUT2D eigenvalue weighted by atomic mass is 10.1. The van der Waals surface area contributed by atoms with E-state index in [-0.39, 0.29) is 24.7 Å². The largest absolute Gasteiger partial charge is 0.497 e. The standard InChI is InChI=1S/C16H19N3O2S.ClH/c1-10-15(14(20)9-18-16-17-6-7-22-16)12-8-11(21-3)4-5-13(12)19(10)2;/h4-5,8H,6-7,9H2,1-3H3,(H,17,18);1H. The average Bonchev–Trinajstić information content (AvgIpc) is 3.13. The molecular formula is C16H20ClN3O2S. The summed E-state index contributed by atoms with van der Waals surface area (Å²) in [5.41, 5.74) is 2.76. The summed E-state index contributed by atoms with van der Waals surface area (Å²) in [5, 5.41) is 4.93. The number of carbonyl (C=O) groups excluding carboxylic acids is 1. The third kappa shape index (κ3) is 3.33. The molecule has 2 aromatic rings. The van der Waals surface area contributed by atoms with Crippen LogP contribution < -0.4 is 10.1 Å². The molecule has 1 aliphatic rings. The number of aliphatic imine (C=N–C) groups is 1. The molecule has 0 fully saturated rings. The van der Waals surface area contributed by atoms with Gasteiger partial charge in [0.05, 0.1) is 20.2 Å². The summed E-state index contributed by atoms with van der Waals surface area (Å²) in [6.45, 7) is 3.07. The van der Waals surface area contributed by atoms with Gasteiger partial charge in [-0.2, -0.15) is 0 Å². The molecule has 0 radical (unpaired) electrons. The number of fused-ring (bicyclic) bond motifs is 1. The Morgan fingerprint density at radius 1 is 1.48 bits per heavy atom. The topological polar surface area (TPSA) is 55.6 Å². The molecule has 7 heteroatoms. The minimum atomic E-state index is 0. The van der Waals surface area contributed by atoms with E-state index in [4.69, 9.17) is 4.74 Å². The Hall–Kier alpha value is -1.66. The highest BCUT2D eigenvalue weighted by Crippen LogP contribution is 2.28. The van der Waals surface area contributed by atoms with E-state index in [9.17, 15) is 4.79 Å². The van der Waals surface area contributed by atoms with Crippen molar-refractivity contribution in [2.45, 2.75) is 6.92 Å². The monoisotopic (exact) mass is 353 g/mol. The van der Waals surface area contributed by atoms with Crippen molar-refractivity contribution in [3.63, 3.8) is 0 Å². The molecule has 0 amide bonds. The molecule has 0 saturated carbocycles. The van der Waals surface area contributed by atoms with Crippen molar-refractivity contribution in [3.8, 4) is 5.75 Å². The van der Waals surface area contributed by atoms with Crippen molar-refractivity contribution >= 4 is 46.0 Å². The molecule has 0 saturated heterocycles. The molecule has 0 bridgehead atoms. The molecule has 0 aliphatic carbocycles. The Kier molecular flexibility index (Phi) is 5.59. The van der Waals surface area contributed by atoms with Crippen molar-refractivity contribution in [1.29, 1.82) is 0 Å². The summed E-state index contributed by atoms with van der Waals surface area (Å²) in [5.74, 6) is 1.82. The van der Waals surface area contributed by atoms with E-state index < -0.39 is 0 Å². The van der Waals surface area contributed by atoms with Crippen LogP contribution in [0.1, 0.15) is 16.1 Å². The van der Waals surface area contributed by atoms with Gasteiger partial charge in [-0.05, 0) is 25.1 Å². The number of thioether (sulfide) groups is 1. The Labute approximate surface area is 145 Å². The van der Waals surface area contributed by atoms with Crippen LogP contribution in [0.3, 0.4) is 0 Å². The molecule has 5 nitrogen and oxygen atoms in total. The predicted molar refractivity (Wildman–Crippen MR) is 98.5 cm³/mol. The Morgan fingerprint density at radius 2 is 2.26 bits per heavy atom. The summed E-state index contributed by atoms with van der Waals surface area (Å²) >= 11 is 1.66. The summed E-state index contributed by atoms with van der Waals surface area (Å²) in [4.78, 5) is 17.0. The molecule has 0 spiro atoms. The molecule has 2 heterocycles. The summed E-state index contributed by atoms with van der Waals surface area (Å²) in [6.07, 6.45) is 0. The SMILES string of the molecule is COc1ccc2c(c1)c(C(=O)CNC1=NCCS1)c(C)n2C.Cl. The first-order valence-electron chi connectivity index (χ1n) is 7.19. The van der Waals surface area contributed by atoms with Gasteiger partial charge in [0.2, 0.25) is 0 Å². The number of nitrogens with one attached hydrogen (secondary N) is 1. The minimum absolute atomic E-state index is 0. The van der Waals surface area contributed by atoms with Gasteiger partial charge in [0.1, 0.15) is 5.75 Å².